The van der Waals surface area contributed by atoms with Crippen molar-refractivity contribution in [1.82, 2.24) is 15.0 Å². The summed E-state index contributed by atoms with van der Waals surface area (Å²) in [6, 6.07) is 4.04. The van der Waals surface area contributed by atoms with E-state index >= 15 is 0 Å². The highest BCUT2D eigenvalue weighted by atomic mass is 35.5. The Bertz CT molecular complexity index is 656. The third-order valence-electron chi connectivity index (χ3n) is 3.66. The van der Waals surface area contributed by atoms with Crippen LogP contribution in [0.4, 0.5) is 10.1 Å². The monoisotopic (exact) mass is 322 g/mol. The molecular weight excluding hydrogens is 307 g/mol. The quantitative estimate of drug-likeness (QED) is 0.943. The predicted octanol–water partition coefficient (Wildman–Crippen LogP) is 3.25. The van der Waals surface area contributed by atoms with Gasteiger partial charge in [-0.3, -0.25) is 4.79 Å². The lowest BCUT2D eigenvalue weighted by Gasteiger charge is -2.37. The van der Waals surface area contributed by atoms with E-state index in [-0.39, 0.29) is 10.9 Å². The van der Waals surface area contributed by atoms with Gasteiger partial charge in [0.1, 0.15) is 11.5 Å². The van der Waals surface area contributed by atoms with Gasteiger partial charge in [-0.2, -0.15) is 0 Å². The molecule has 1 saturated heterocycles. The Morgan fingerprint density at radius 2 is 2.09 bits per heavy atom. The molecule has 0 saturated carbocycles. The van der Waals surface area contributed by atoms with E-state index in [1.165, 1.54) is 35.7 Å². The molecule has 0 aliphatic carbocycles. The number of carbonyl (C=O) groups excluding carboxylic acids is 1. The molecule has 1 aliphatic heterocycles. The van der Waals surface area contributed by atoms with Crippen molar-refractivity contribution in [2.45, 2.75) is 19.3 Å². The predicted molar refractivity (Wildman–Crippen MR) is 82.2 cm³/mol. The second kappa shape index (κ2) is 6.46. The van der Waals surface area contributed by atoms with Gasteiger partial charge >= 0.3 is 0 Å². The highest BCUT2D eigenvalue weighted by molar-refractivity contribution is 6.34. The molecule has 1 aromatic carbocycles. The third kappa shape index (κ3) is 2.98. The fraction of sp³-hybridized carbons (Fsp3) is 0.333. The average molecular weight is 323 g/mol. The van der Waals surface area contributed by atoms with Crippen molar-refractivity contribution in [3.05, 3.63) is 47.3 Å². The molecule has 0 bridgehead atoms. The van der Waals surface area contributed by atoms with Crippen LogP contribution in [0.25, 0.3) is 0 Å². The standard InChI is InChI=1S/C15H16ClFN4O/c16-12-8-11(17)4-5-14(12)21(20-6-2-1-3-7-20)15(22)13-9-18-10-19-13/h4-5,8-10H,1-3,6-7H2,(H,18,19). The zero-order valence-corrected chi connectivity index (χ0v) is 12.7. The minimum Gasteiger partial charge on any atom is -0.350 e. The number of hydrazine groups is 1. The van der Waals surface area contributed by atoms with Crippen molar-refractivity contribution in [3.63, 3.8) is 0 Å². The fourth-order valence-electron chi connectivity index (χ4n) is 2.61. The van der Waals surface area contributed by atoms with Crippen molar-refractivity contribution in [2.75, 3.05) is 18.1 Å². The molecule has 1 N–H and O–H groups in total. The number of piperidine rings is 1. The SMILES string of the molecule is O=C(c1c[nH]cn1)N(c1ccc(F)cc1Cl)N1CCCCC1. The van der Waals surface area contributed by atoms with Crippen molar-refractivity contribution in [2.24, 2.45) is 0 Å². The summed E-state index contributed by atoms with van der Waals surface area (Å²) >= 11 is 6.16. The van der Waals surface area contributed by atoms with Gasteiger partial charge in [-0.1, -0.05) is 18.0 Å². The second-order valence-electron chi connectivity index (χ2n) is 5.18. The second-order valence-corrected chi connectivity index (χ2v) is 5.59. The highest BCUT2D eigenvalue weighted by Crippen LogP contribution is 2.30. The van der Waals surface area contributed by atoms with Crippen molar-refractivity contribution < 1.29 is 9.18 Å². The zero-order valence-electron chi connectivity index (χ0n) is 11.9. The number of aromatic nitrogens is 2. The van der Waals surface area contributed by atoms with Crippen LogP contribution >= 0.6 is 11.6 Å². The van der Waals surface area contributed by atoms with Crippen LogP contribution < -0.4 is 5.01 Å². The Morgan fingerprint density at radius 3 is 2.73 bits per heavy atom. The number of nitrogens with zero attached hydrogens (tertiary/aromatic N) is 3. The Morgan fingerprint density at radius 1 is 1.32 bits per heavy atom. The summed E-state index contributed by atoms with van der Waals surface area (Å²) in [7, 11) is 0. The molecule has 1 amide bonds. The lowest BCUT2D eigenvalue weighted by Crippen LogP contribution is -2.49. The number of H-pyrrole nitrogens is 1. The Kier molecular flexibility index (Phi) is 4.40. The van der Waals surface area contributed by atoms with Gasteiger partial charge in [0.25, 0.3) is 5.91 Å². The lowest BCUT2D eigenvalue weighted by atomic mass is 10.1. The molecule has 7 heteroatoms. The summed E-state index contributed by atoms with van der Waals surface area (Å²) in [4.78, 5) is 19.6. The van der Waals surface area contributed by atoms with E-state index in [9.17, 15) is 9.18 Å². The van der Waals surface area contributed by atoms with E-state index in [0.717, 1.165) is 32.4 Å². The average Bonchev–Trinajstić information content (AvgIpc) is 3.05. The minimum absolute atomic E-state index is 0.203. The summed E-state index contributed by atoms with van der Waals surface area (Å²) in [5.74, 6) is -0.712. The Balaban J connectivity index is 2.00. The molecule has 2 heterocycles. The first-order valence-electron chi connectivity index (χ1n) is 7.20. The Labute approximate surface area is 132 Å². The van der Waals surface area contributed by atoms with Crippen LogP contribution in [0.2, 0.25) is 5.02 Å². The molecule has 22 heavy (non-hydrogen) atoms. The van der Waals surface area contributed by atoms with Gasteiger partial charge in [0, 0.05) is 19.3 Å². The third-order valence-corrected chi connectivity index (χ3v) is 3.97. The lowest BCUT2D eigenvalue weighted by molar-refractivity contribution is 0.0868. The topological polar surface area (TPSA) is 52.2 Å². The summed E-state index contributed by atoms with van der Waals surface area (Å²) in [5, 5.41) is 3.66. The van der Waals surface area contributed by atoms with Crippen LogP contribution in [-0.2, 0) is 0 Å². The number of aromatic amines is 1. The first-order chi connectivity index (χ1) is 10.7. The molecule has 116 valence electrons. The molecular formula is C15H16ClFN4O. The van der Waals surface area contributed by atoms with Crippen LogP contribution in [0.15, 0.2) is 30.7 Å². The van der Waals surface area contributed by atoms with Gasteiger partial charge in [-0.05, 0) is 31.0 Å². The van der Waals surface area contributed by atoms with Crippen LogP contribution in [-0.4, -0.2) is 34.0 Å². The van der Waals surface area contributed by atoms with Crippen molar-refractivity contribution in [1.29, 1.82) is 0 Å². The molecule has 0 spiro atoms. The number of halogens is 2. The van der Waals surface area contributed by atoms with Crippen LogP contribution in [0.1, 0.15) is 29.8 Å². The number of amides is 1. The molecule has 0 unspecified atom stereocenters. The molecule has 0 radical (unpaired) electrons. The number of carbonyl (C=O) groups is 1. The molecule has 1 aliphatic rings. The van der Waals surface area contributed by atoms with Gasteiger partial charge in [0.15, 0.2) is 0 Å². The van der Waals surface area contributed by atoms with E-state index in [2.05, 4.69) is 9.97 Å². The van der Waals surface area contributed by atoms with E-state index in [1.807, 2.05) is 5.01 Å². The number of anilines is 1. The highest BCUT2D eigenvalue weighted by Gasteiger charge is 2.28. The van der Waals surface area contributed by atoms with Gasteiger partial charge in [-0.15, -0.1) is 0 Å². The first kappa shape index (κ1) is 15.0. The zero-order chi connectivity index (χ0) is 15.5. The van der Waals surface area contributed by atoms with E-state index < -0.39 is 5.82 Å². The number of hydrogen-bond donors (Lipinski definition) is 1. The fourth-order valence-corrected chi connectivity index (χ4v) is 2.85. The van der Waals surface area contributed by atoms with Crippen molar-refractivity contribution in [3.8, 4) is 0 Å². The number of rotatable bonds is 3. The molecule has 3 rings (SSSR count). The molecule has 5 nitrogen and oxygen atoms in total. The summed E-state index contributed by atoms with van der Waals surface area (Å²) in [6.07, 6.45) is 6.13. The molecule has 0 atom stereocenters. The summed E-state index contributed by atoms with van der Waals surface area (Å²) in [6.45, 7) is 1.51. The van der Waals surface area contributed by atoms with Gasteiger partial charge < -0.3 is 4.98 Å². The minimum atomic E-state index is -0.431. The number of hydrogen-bond acceptors (Lipinski definition) is 3. The first-order valence-corrected chi connectivity index (χ1v) is 7.58. The van der Waals surface area contributed by atoms with Gasteiger partial charge in [0.2, 0.25) is 0 Å². The largest absolute Gasteiger partial charge is 0.350 e. The maximum atomic E-state index is 13.3. The number of imidazole rings is 1. The van der Waals surface area contributed by atoms with Crippen molar-refractivity contribution >= 4 is 23.2 Å². The summed E-state index contributed by atoms with van der Waals surface area (Å²) in [5.41, 5.74) is 0.768. The smallest absolute Gasteiger partial charge is 0.293 e. The summed E-state index contributed by atoms with van der Waals surface area (Å²) < 4.78 is 13.3. The molecule has 1 fully saturated rings. The van der Waals surface area contributed by atoms with E-state index in [4.69, 9.17) is 11.6 Å². The van der Waals surface area contributed by atoms with Crippen LogP contribution in [0.3, 0.4) is 0 Å². The van der Waals surface area contributed by atoms with E-state index in [0.29, 0.717) is 11.4 Å². The van der Waals surface area contributed by atoms with Gasteiger partial charge in [-0.25, -0.2) is 19.4 Å². The van der Waals surface area contributed by atoms with E-state index in [1.54, 1.807) is 0 Å². The van der Waals surface area contributed by atoms with Gasteiger partial charge in [0.05, 0.1) is 17.0 Å². The molecule has 1 aromatic heterocycles. The maximum absolute atomic E-state index is 13.3. The van der Waals surface area contributed by atoms with Crippen LogP contribution in [0, 0.1) is 5.82 Å². The maximum Gasteiger partial charge on any atom is 0.293 e. The van der Waals surface area contributed by atoms with Crippen LogP contribution in [0.5, 0.6) is 0 Å². The normalized spacial score (nSPS) is 15.7. The Hall–Kier alpha value is -1.92. The number of nitrogens with one attached hydrogen (secondary N) is 1. The molecule has 2 aromatic rings. The number of benzene rings is 1.